The van der Waals surface area contributed by atoms with Crippen LogP contribution in [0.3, 0.4) is 0 Å². The van der Waals surface area contributed by atoms with Crippen LogP contribution in [0.4, 0.5) is 27.5 Å². The Hall–Kier alpha value is -7.33. The first-order valence-corrected chi connectivity index (χ1v) is 20.4. The second-order valence-corrected chi connectivity index (χ2v) is 15.3. The van der Waals surface area contributed by atoms with E-state index in [4.69, 9.17) is 9.47 Å². The molecule has 0 saturated carbocycles. The molecule has 0 heterocycles. The molecule has 2 aliphatic carbocycles. The number of amides is 2. The van der Waals surface area contributed by atoms with Gasteiger partial charge in [0.05, 0.1) is 35.7 Å². The van der Waals surface area contributed by atoms with Crippen molar-refractivity contribution in [2.24, 2.45) is 10.2 Å². The fourth-order valence-electron chi connectivity index (χ4n) is 5.74. The number of urea groups is 1. The van der Waals surface area contributed by atoms with Gasteiger partial charge in [0, 0.05) is 22.5 Å². The molecule has 0 unspecified atom stereocenters. The number of allylic oxidation sites excluding steroid dienone is 2. The number of hydrazone groups is 2. The summed E-state index contributed by atoms with van der Waals surface area (Å²) in [6, 6.07) is 18.4. The van der Waals surface area contributed by atoms with Gasteiger partial charge >= 0.3 is 18.0 Å². The van der Waals surface area contributed by atoms with Crippen LogP contribution in [0.15, 0.2) is 105 Å². The van der Waals surface area contributed by atoms with Gasteiger partial charge in [-0.25, -0.2) is 14.4 Å². The van der Waals surface area contributed by atoms with E-state index in [9.17, 15) is 49.9 Å². The van der Waals surface area contributed by atoms with E-state index >= 15 is 0 Å². The summed E-state index contributed by atoms with van der Waals surface area (Å²) in [7, 11) is -9.91. The number of fused-ring (bicyclic) bond motifs is 2. The van der Waals surface area contributed by atoms with Crippen molar-refractivity contribution in [3.8, 4) is 0 Å². The molecule has 0 bridgehead atoms. The highest BCUT2D eigenvalue weighted by Gasteiger charge is 2.34. The molecule has 0 spiro atoms. The topological polar surface area (TPSA) is 285 Å². The minimum Gasteiger partial charge on any atom is -0.462 e. The van der Waals surface area contributed by atoms with Crippen LogP contribution >= 0.6 is 0 Å². The highest BCUT2D eigenvalue weighted by molar-refractivity contribution is 7.91. The second-order valence-electron chi connectivity index (χ2n) is 12.5. The Labute approximate surface area is 341 Å². The van der Waals surface area contributed by atoms with Crippen molar-refractivity contribution in [2.75, 3.05) is 34.7 Å². The molecule has 0 fully saturated rings. The lowest BCUT2D eigenvalue weighted by atomic mass is 9.94. The SMILES string of the molecule is CCOC(=O)c1ccc(N/N=C2\C(=O)c3cc(NC(=O)Nc4ccc5c(c4)C(=O)/C(=N\Nc4ccc(C(=O)OCC)cc4)C(S(=O)(=O)O)=C5)ccc3C=C2S(=O)(=O)O)cc1. The van der Waals surface area contributed by atoms with Crippen LogP contribution in [-0.4, -0.2) is 80.1 Å². The summed E-state index contributed by atoms with van der Waals surface area (Å²) in [6.45, 7) is 3.63. The Balaban J connectivity index is 1.19. The summed E-state index contributed by atoms with van der Waals surface area (Å²) in [5.74, 6) is -2.98. The first-order valence-electron chi connectivity index (χ1n) is 17.5. The van der Waals surface area contributed by atoms with Crippen LogP contribution in [0.25, 0.3) is 12.2 Å². The van der Waals surface area contributed by atoms with Crippen molar-refractivity contribution in [1.82, 2.24) is 0 Å². The smallest absolute Gasteiger partial charge is 0.338 e. The van der Waals surface area contributed by atoms with Gasteiger partial charge in [0.25, 0.3) is 20.2 Å². The molecule has 2 aliphatic rings. The maximum Gasteiger partial charge on any atom is 0.338 e. The lowest BCUT2D eigenvalue weighted by Gasteiger charge is -2.18. The molecule has 60 heavy (non-hydrogen) atoms. The summed E-state index contributed by atoms with van der Waals surface area (Å²) in [5.41, 5.74) is 4.84. The molecule has 0 aromatic heterocycles. The van der Waals surface area contributed by atoms with Gasteiger partial charge in [-0.05, 0) is 110 Å². The van der Waals surface area contributed by atoms with Crippen LogP contribution in [0.1, 0.15) is 66.4 Å². The van der Waals surface area contributed by atoms with Crippen molar-refractivity contribution in [3.05, 3.63) is 128 Å². The number of carbonyl (C=O) groups excluding carboxylic acids is 5. The standard InChI is InChI=1S/C39H32N6O13S2/c1-3-57-37(48)21-5-11-25(12-6-21)42-44-33-31(59(51,52)53)17-23-9-15-27(19-29(23)35(33)46)40-39(50)41-28-16-10-24-18-32(60(54,55)56)34(36(47)30(24)20-28)45-43-26-13-7-22(8-14-26)38(49)58-4-2/h5-20,42-43H,3-4H2,1-2H3,(H2,40,41,50)(H,51,52,53)(H,54,55,56)/b44-33-,45-34-. The lowest BCUT2D eigenvalue weighted by molar-refractivity contribution is 0.0517. The van der Waals surface area contributed by atoms with E-state index in [-0.39, 0.29) is 69.3 Å². The Morgan fingerprint density at radius 1 is 0.567 bits per heavy atom. The summed E-state index contributed by atoms with van der Waals surface area (Å²) in [6.07, 6.45) is 2.06. The summed E-state index contributed by atoms with van der Waals surface area (Å²) < 4.78 is 78.8. The molecule has 6 N–H and O–H groups in total. The number of carbonyl (C=O) groups is 5. The Morgan fingerprint density at radius 2 is 0.917 bits per heavy atom. The molecular weight excluding hydrogens is 825 g/mol. The molecule has 6 rings (SSSR count). The van der Waals surface area contributed by atoms with Crippen molar-refractivity contribution >= 4 is 96.1 Å². The number of Topliss-reactive ketones (excluding diaryl/α,β-unsaturated/α-hetero) is 2. The van der Waals surface area contributed by atoms with Crippen LogP contribution in [0, 0.1) is 0 Å². The van der Waals surface area contributed by atoms with E-state index < -0.39 is 71.0 Å². The molecule has 21 heteroatoms. The molecule has 0 radical (unpaired) electrons. The van der Waals surface area contributed by atoms with Crippen molar-refractivity contribution < 1.29 is 59.4 Å². The molecule has 19 nitrogen and oxygen atoms in total. The van der Waals surface area contributed by atoms with Crippen LogP contribution in [-0.2, 0) is 29.7 Å². The number of rotatable bonds is 12. The van der Waals surface area contributed by atoms with Gasteiger partial charge in [0.15, 0.2) is 11.4 Å². The zero-order chi connectivity index (χ0) is 43.4. The van der Waals surface area contributed by atoms with Gasteiger partial charge in [-0.3, -0.25) is 29.5 Å². The van der Waals surface area contributed by atoms with Gasteiger partial charge in [-0.1, -0.05) is 12.1 Å². The first kappa shape index (κ1) is 42.3. The van der Waals surface area contributed by atoms with Crippen LogP contribution in [0.2, 0.25) is 0 Å². The van der Waals surface area contributed by atoms with E-state index in [1.54, 1.807) is 13.8 Å². The minimum absolute atomic E-state index is 0.0655. The average Bonchev–Trinajstić information content (AvgIpc) is 3.20. The third-order valence-corrected chi connectivity index (χ3v) is 10.3. The van der Waals surface area contributed by atoms with E-state index in [1.807, 2.05) is 0 Å². The first-order chi connectivity index (χ1) is 28.5. The monoisotopic (exact) mass is 856 g/mol. The van der Waals surface area contributed by atoms with E-state index in [1.165, 1.54) is 84.9 Å². The van der Waals surface area contributed by atoms with Gasteiger partial charge in [0.2, 0.25) is 11.6 Å². The van der Waals surface area contributed by atoms with Crippen molar-refractivity contribution in [1.29, 1.82) is 0 Å². The number of ketones is 2. The van der Waals surface area contributed by atoms with Crippen LogP contribution in [0.5, 0.6) is 0 Å². The van der Waals surface area contributed by atoms with E-state index in [2.05, 4.69) is 31.7 Å². The highest BCUT2D eigenvalue weighted by Crippen LogP contribution is 2.30. The molecule has 2 amide bonds. The zero-order valence-corrected chi connectivity index (χ0v) is 32.9. The predicted molar refractivity (Wildman–Crippen MR) is 220 cm³/mol. The summed E-state index contributed by atoms with van der Waals surface area (Å²) in [5, 5.41) is 12.9. The minimum atomic E-state index is -4.96. The van der Waals surface area contributed by atoms with E-state index in [0.29, 0.717) is 0 Å². The third-order valence-electron chi connectivity index (χ3n) is 8.52. The number of anilines is 4. The predicted octanol–water partition coefficient (Wildman–Crippen LogP) is 5.47. The Kier molecular flexibility index (Phi) is 12.2. The number of hydrogen-bond donors (Lipinski definition) is 6. The van der Waals surface area contributed by atoms with Crippen LogP contribution < -0.4 is 21.5 Å². The van der Waals surface area contributed by atoms with Crippen molar-refractivity contribution in [3.63, 3.8) is 0 Å². The van der Waals surface area contributed by atoms with E-state index in [0.717, 1.165) is 12.2 Å². The molecule has 4 aromatic rings. The fraction of sp³-hybridized carbons (Fsp3) is 0.103. The lowest BCUT2D eigenvalue weighted by Crippen LogP contribution is -2.28. The molecule has 308 valence electrons. The number of esters is 2. The zero-order valence-electron chi connectivity index (χ0n) is 31.2. The second kappa shape index (κ2) is 17.3. The fourth-order valence-corrected chi connectivity index (χ4v) is 7.06. The Bertz CT molecular complexity index is 2620. The maximum atomic E-state index is 13.6. The van der Waals surface area contributed by atoms with Crippen molar-refractivity contribution in [2.45, 2.75) is 13.8 Å². The molecule has 0 aliphatic heterocycles. The quantitative estimate of drug-likeness (QED) is 0.0585. The maximum absolute atomic E-state index is 13.6. The highest BCUT2D eigenvalue weighted by atomic mass is 32.2. The molecule has 0 atom stereocenters. The third kappa shape index (κ3) is 9.51. The molecular formula is C39H32N6O13S2. The largest absolute Gasteiger partial charge is 0.462 e. The van der Waals surface area contributed by atoms with Gasteiger partial charge in [-0.2, -0.15) is 27.0 Å². The summed E-state index contributed by atoms with van der Waals surface area (Å²) >= 11 is 0. The number of ether oxygens (including phenoxy) is 2. The normalized spacial score (nSPS) is 14.9. The number of hydrogen-bond acceptors (Lipinski definition) is 15. The number of nitrogens with zero attached hydrogens (tertiary/aromatic N) is 2. The van der Waals surface area contributed by atoms with Gasteiger partial charge in [-0.15, -0.1) is 0 Å². The van der Waals surface area contributed by atoms with Gasteiger partial charge in [0.1, 0.15) is 9.81 Å². The summed E-state index contributed by atoms with van der Waals surface area (Å²) in [4.78, 5) is 62.7. The number of benzene rings is 4. The number of nitrogens with one attached hydrogen (secondary N) is 4. The van der Waals surface area contributed by atoms with Gasteiger partial charge < -0.3 is 20.1 Å². The Morgan fingerprint density at radius 3 is 1.25 bits per heavy atom. The molecule has 4 aromatic carbocycles. The molecule has 0 saturated heterocycles. The average molecular weight is 857 g/mol.